The molecule has 0 saturated heterocycles. The smallest absolute Gasteiger partial charge is 0.123 e. The lowest BCUT2D eigenvalue weighted by Crippen LogP contribution is -2.33. The van der Waals surface area contributed by atoms with Crippen molar-refractivity contribution in [1.82, 2.24) is 0 Å². The Labute approximate surface area is 272 Å². The quantitative estimate of drug-likeness (QED) is 0.0852. The number of methoxy groups -OCH3 is 1. The fourth-order valence-electron chi connectivity index (χ4n) is 5.94. The third kappa shape index (κ3) is 17.3. The number of aliphatic hydroxyl groups excluding tert-OH is 1. The summed E-state index contributed by atoms with van der Waals surface area (Å²) >= 11 is 0. The van der Waals surface area contributed by atoms with E-state index in [9.17, 15) is 9.90 Å². The Hall–Kier alpha value is -2.23. The van der Waals surface area contributed by atoms with Crippen molar-refractivity contribution in [3.63, 3.8) is 0 Å². The van der Waals surface area contributed by atoms with Gasteiger partial charge in [0.1, 0.15) is 6.29 Å². The first kappa shape index (κ1) is 39.8. The minimum absolute atomic E-state index is 0.0212. The maximum Gasteiger partial charge on any atom is 0.123 e. The molecule has 6 unspecified atom stereocenters. The van der Waals surface area contributed by atoms with Gasteiger partial charge in [-0.05, 0) is 101 Å². The van der Waals surface area contributed by atoms with E-state index in [1.165, 1.54) is 18.4 Å². The summed E-state index contributed by atoms with van der Waals surface area (Å²) in [7, 11) is 1.75. The lowest BCUT2D eigenvalue weighted by molar-refractivity contribution is -0.110. The molecule has 0 saturated carbocycles. The number of rotatable bonds is 20. The number of allylic oxidation sites excluding steroid dienone is 12. The first-order valence-corrected chi connectivity index (χ1v) is 17.1. The Kier molecular flexibility index (Phi) is 18.8. The topological polar surface area (TPSA) is 46.5 Å². The summed E-state index contributed by atoms with van der Waals surface area (Å²) < 4.78 is 5.46. The number of hydrogen-bond acceptors (Lipinski definition) is 3. The van der Waals surface area contributed by atoms with Crippen LogP contribution in [0.1, 0.15) is 107 Å². The predicted molar refractivity (Wildman–Crippen MR) is 191 cm³/mol. The summed E-state index contributed by atoms with van der Waals surface area (Å²) in [5.74, 6) is 2.31. The number of hydrogen-bond donors (Lipinski definition) is 1. The number of aldehydes is 1. The zero-order chi connectivity index (χ0) is 33.2. The minimum Gasteiger partial charge on any atom is -0.389 e. The Morgan fingerprint density at radius 2 is 1.45 bits per heavy atom. The molecule has 0 spiro atoms. The molecule has 44 heavy (non-hydrogen) atoms. The van der Waals surface area contributed by atoms with Crippen molar-refractivity contribution in [1.29, 1.82) is 0 Å². The van der Waals surface area contributed by atoms with Crippen molar-refractivity contribution in [2.45, 2.75) is 119 Å². The molecule has 0 aromatic heterocycles. The van der Waals surface area contributed by atoms with Gasteiger partial charge < -0.3 is 14.6 Å². The van der Waals surface area contributed by atoms with Gasteiger partial charge in [-0.1, -0.05) is 126 Å². The van der Waals surface area contributed by atoms with E-state index in [1.807, 2.05) is 0 Å². The van der Waals surface area contributed by atoms with Crippen LogP contribution in [0.3, 0.4) is 0 Å². The van der Waals surface area contributed by atoms with Gasteiger partial charge in [0.2, 0.25) is 0 Å². The second-order valence-corrected chi connectivity index (χ2v) is 14.7. The average Bonchev–Trinajstić information content (AvgIpc) is 2.93. The Balaban J connectivity index is 2.36. The van der Waals surface area contributed by atoms with Gasteiger partial charge in [0.05, 0.1) is 11.7 Å². The standard InChI is InChI=1S/C41H66O3/c1-32(19-13-20-35(4)26-27-39-36(5)29-38(43)30-40(39,6)7)17-11-12-18-33(2)21-14-24-37(31-42)25-15-22-34(3)23-16-28-41(8,9)44-10/h11-18,20-23,29,31-35,37-39,43H,19,24-28,30H2,1-10H3/b17-11+,18-12+,20-13+,21-14+,22-15+,23-16+/t32?,33?,34?,35?,37?,38-,39?/m1/s1. The lowest BCUT2D eigenvalue weighted by atomic mass is 9.66. The number of carbonyl (C=O) groups excluding carboxylic acids is 1. The first-order chi connectivity index (χ1) is 20.7. The summed E-state index contributed by atoms with van der Waals surface area (Å²) in [6.07, 6.45) is 36.1. The molecule has 1 N–H and O–H groups in total. The van der Waals surface area contributed by atoms with Crippen LogP contribution in [0.15, 0.2) is 84.6 Å². The highest BCUT2D eigenvalue weighted by Crippen LogP contribution is 2.43. The van der Waals surface area contributed by atoms with E-state index in [0.717, 1.165) is 38.4 Å². The lowest BCUT2D eigenvalue weighted by Gasteiger charge is -2.40. The van der Waals surface area contributed by atoms with E-state index in [1.54, 1.807) is 7.11 Å². The number of carbonyl (C=O) groups is 1. The van der Waals surface area contributed by atoms with Crippen molar-refractivity contribution in [2.24, 2.45) is 40.9 Å². The molecule has 0 aromatic rings. The van der Waals surface area contributed by atoms with Crippen LogP contribution < -0.4 is 0 Å². The summed E-state index contributed by atoms with van der Waals surface area (Å²) in [4.78, 5) is 11.6. The Morgan fingerprint density at radius 1 is 0.886 bits per heavy atom. The molecule has 0 fully saturated rings. The van der Waals surface area contributed by atoms with Gasteiger partial charge in [-0.15, -0.1) is 0 Å². The molecule has 7 atom stereocenters. The fourth-order valence-corrected chi connectivity index (χ4v) is 5.94. The Morgan fingerprint density at radius 3 is 2.05 bits per heavy atom. The van der Waals surface area contributed by atoms with Crippen LogP contribution in [-0.2, 0) is 9.53 Å². The third-order valence-corrected chi connectivity index (χ3v) is 9.08. The number of ether oxygens (including phenoxy) is 1. The second-order valence-electron chi connectivity index (χ2n) is 14.7. The summed E-state index contributed by atoms with van der Waals surface area (Å²) in [5.41, 5.74) is 1.38. The van der Waals surface area contributed by atoms with Gasteiger partial charge in [0.25, 0.3) is 0 Å². The van der Waals surface area contributed by atoms with Gasteiger partial charge in [0, 0.05) is 13.0 Å². The molecular weight excluding hydrogens is 540 g/mol. The molecule has 3 nitrogen and oxygen atoms in total. The van der Waals surface area contributed by atoms with Gasteiger partial charge >= 0.3 is 0 Å². The molecule has 248 valence electrons. The maximum atomic E-state index is 11.6. The molecule has 0 radical (unpaired) electrons. The SMILES string of the molecule is COC(C)(C)C/C=C/C(C)/C=C/CC(C=O)C/C=C/C(C)/C=C/C=C/C(C)C/C=C/C(C)CCC1C(C)=C[C@@H](O)CC1(C)C. The molecule has 3 heteroatoms. The Bertz CT molecular complexity index is 1020. The average molecular weight is 607 g/mol. The van der Waals surface area contributed by atoms with Crippen molar-refractivity contribution in [3.8, 4) is 0 Å². The molecular formula is C41H66O3. The van der Waals surface area contributed by atoms with Crippen molar-refractivity contribution in [2.75, 3.05) is 7.11 Å². The van der Waals surface area contributed by atoms with Gasteiger partial charge in [0.15, 0.2) is 0 Å². The van der Waals surface area contributed by atoms with Crippen molar-refractivity contribution < 1.29 is 14.6 Å². The summed E-state index contributed by atoms with van der Waals surface area (Å²) in [5, 5.41) is 10.1. The first-order valence-electron chi connectivity index (χ1n) is 17.1. The van der Waals surface area contributed by atoms with Crippen molar-refractivity contribution >= 4 is 6.29 Å². The largest absolute Gasteiger partial charge is 0.389 e. The van der Waals surface area contributed by atoms with Crippen LogP contribution in [-0.4, -0.2) is 30.2 Å². The van der Waals surface area contributed by atoms with E-state index in [-0.39, 0.29) is 23.0 Å². The molecule has 1 rings (SSSR count). The van der Waals surface area contributed by atoms with Gasteiger partial charge in [-0.25, -0.2) is 0 Å². The van der Waals surface area contributed by atoms with E-state index in [4.69, 9.17) is 4.74 Å². The summed E-state index contributed by atoms with van der Waals surface area (Å²) in [6, 6.07) is 0. The highest BCUT2D eigenvalue weighted by atomic mass is 16.5. The zero-order valence-electron chi connectivity index (χ0n) is 29.8. The zero-order valence-corrected chi connectivity index (χ0v) is 29.8. The maximum absolute atomic E-state index is 11.6. The normalized spacial score (nSPS) is 23.3. The summed E-state index contributed by atoms with van der Waals surface area (Å²) in [6.45, 7) is 19.9. The highest BCUT2D eigenvalue weighted by Gasteiger charge is 2.35. The van der Waals surface area contributed by atoms with E-state index in [0.29, 0.717) is 29.6 Å². The third-order valence-electron chi connectivity index (χ3n) is 9.08. The van der Waals surface area contributed by atoms with Crippen LogP contribution in [0.4, 0.5) is 0 Å². The van der Waals surface area contributed by atoms with E-state index >= 15 is 0 Å². The van der Waals surface area contributed by atoms with Crippen LogP contribution in [0.2, 0.25) is 0 Å². The highest BCUT2D eigenvalue weighted by molar-refractivity contribution is 5.54. The van der Waals surface area contributed by atoms with Crippen LogP contribution >= 0.6 is 0 Å². The predicted octanol–water partition coefficient (Wildman–Crippen LogP) is 10.8. The molecule has 0 aromatic carbocycles. The minimum atomic E-state index is -0.288. The van der Waals surface area contributed by atoms with Crippen LogP contribution in [0.5, 0.6) is 0 Å². The molecule has 0 heterocycles. The molecule has 0 bridgehead atoms. The fraction of sp³-hybridized carbons (Fsp3) is 0.634. The van der Waals surface area contributed by atoms with Crippen LogP contribution in [0.25, 0.3) is 0 Å². The molecule has 1 aliphatic rings. The molecule has 0 aliphatic heterocycles. The van der Waals surface area contributed by atoms with Crippen LogP contribution in [0, 0.1) is 40.9 Å². The van der Waals surface area contributed by atoms with Gasteiger partial charge in [-0.2, -0.15) is 0 Å². The number of aliphatic hydroxyl groups is 1. The van der Waals surface area contributed by atoms with Crippen molar-refractivity contribution in [3.05, 3.63) is 84.6 Å². The molecule has 1 aliphatic carbocycles. The van der Waals surface area contributed by atoms with E-state index < -0.39 is 0 Å². The van der Waals surface area contributed by atoms with Gasteiger partial charge in [-0.3, -0.25) is 0 Å². The molecule has 0 amide bonds. The monoisotopic (exact) mass is 607 g/mol. The van der Waals surface area contributed by atoms with E-state index in [2.05, 4.69) is 141 Å². The second kappa shape index (κ2) is 20.7.